The van der Waals surface area contributed by atoms with Gasteiger partial charge in [0.1, 0.15) is 5.82 Å². The first-order valence-corrected chi connectivity index (χ1v) is 6.57. The Morgan fingerprint density at radius 1 is 1.10 bits per heavy atom. The molecule has 1 aromatic carbocycles. The summed E-state index contributed by atoms with van der Waals surface area (Å²) in [6.45, 7) is 3.84. The van der Waals surface area contributed by atoms with Crippen molar-refractivity contribution < 1.29 is 4.39 Å². The molecule has 0 fully saturated rings. The molecule has 1 N–H and O–H groups in total. The number of hydrogen-bond acceptors (Lipinski definition) is 2. The third kappa shape index (κ3) is 2.38. The third-order valence-electron chi connectivity index (χ3n) is 3.43. The lowest BCUT2D eigenvalue weighted by Crippen LogP contribution is -2.16. The zero-order valence-corrected chi connectivity index (χ0v) is 11.7. The highest BCUT2D eigenvalue weighted by Gasteiger charge is 2.11. The lowest BCUT2D eigenvalue weighted by molar-refractivity contribution is 0.627. The minimum absolute atomic E-state index is 0.163. The maximum atomic E-state index is 13.0. The second kappa shape index (κ2) is 5.01. The Kier molecular flexibility index (Phi) is 3.17. The van der Waals surface area contributed by atoms with Gasteiger partial charge in [0.2, 0.25) is 0 Å². The van der Waals surface area contributed by atoms with Crippen molar-refractivity contribution >= 4 is 0 Å². The zero-order chi connectivity index (χ0) is 15.0. The standard InChI is InChI=1S/C16H14FN3O/c1-10-16(11(2)19-18-10)12-3-8-15(21)20(9-12)14-6-4-13(17)5-7-14/h3-9H,1-2H3,(H,18,19). The molecule has 0 bridgehead atoms. The molecule has 2 aromatic heterocycles. The first-order valence-electron chi connectivity index (χ1n) is 6.57. The van der Waals surface area contributed by atoms with Crippen LogP contribution in [0.25, 0.3) is 16.8 Å². The largest absolute Gasteiger partial charge is 0.284 e. The monoisotopic (exact) mass is 283 g/mol. The van der Waals surface area contributed by atoms with Gasteiger partial charge in [-0.2, -0.15) is 5.10 Å². The molecule has 0 aliphatic rings. The molecule has 106 valence electrons. The van der Waals surface area contributed by atoms with Crippen LogP contribution in [0.2, 0.25) is 0 Å². The molecule has 0 unspecified atom stereocenters. The van der Waals surface area contributed by atoms with Crippen LogP contribution < -0.4 is 5.56 Å². The Hall–Kier alpha value is -2.69. The molecule has 0 aliphatic heterocycles. The van der Waals surface area contributed by atoms with E-state index in [0.717, 1.165) is 22.5 Å². The predicted octanol–water partition coefficient (Wildman–Crippen LogP) is 2.98. The number of nitrogens with one attached hydrogen (secondary N) is 1. The fraction of sp³-hybridized carbons (Fsp3) is 0.125. The summed E-state index contributed by atoms with van der Waals surface area (Å²) in [6, 6.07) is 9.11. The molecule has 3 aromatic rings. The smallest absolute Gasteiger partial charge is 0.255 e. The van der Waals surface area contributed by atoms with Crippen LogP contribution >= 0.6 is 0 Å². The van der Waals surface area contributed by atoms with E-state index in [4.69, 9.17) is 0 Å². The molecule has 3 rings (SSSR count). The Morgan fingerprint density at radius 3 is 2.43 bits per heavy atom. The molecule has 0 saturated carbocycles. The molecule has 5 heteroatoms. The lowest BCUT2D eigenvalue weighted by Gasteiger charge is -2.08. The highest BCUT2D eigenvalue weighted by Crippen LogP contribution is 2.24. The normalized spacial score (nSPS) is 10.8. The predicted molar refractivity (Wildman–Crippen MR) is 79.1 cm³/mol. The number of aryl methyl sites for hydroxylation is 2. The van der Waals surface area contributed by atoms with Crippen LogP contribution in [0.15, 0.2) is 47.4 Å². The van der Waals surface area contributed by atoms with Crippen molar-refractivity contribution in [2.75, 3.05) is 0 Å². The van der Waals surface area contributed by atoms with Crippen molar-refractivity contribution in [1.29, 1.82) is 0 Å². The molecule has 0 radical (unpaired) electrons. The molecular weight excluding hydrogens is 269 g/mol. The first kappa shape index (κ1) is 13.3. The maximum absolute atomic E-state index is 13.0. The van der Waals surface area contributed by atoms with E-state index in [1.54, 1.807) is 24.4 Å². The number of nitrogens with zero attached hydrogens (tertiary/aromatic N) is 2. The molecule has 0 saturated heterocycles. The molecular formula is C16H14FN3O. The molecule has 21 heavy (non-hydrogen) atoms. The summed E-state index contributed by atoms with van der Waals surface area (Å²) < 4.78 is 14.5. The van der Waals surface area contributed by atoms with Gasteiger partial charge in [-0.25, -0.2) is 4.39 Å². The number of hydrogen-bond donors (Lipinski definition) is 1. The first-order chi connectivity index (χ1) is 10.1. The van der Waals surface area contributed by atoms with E-state index in [1.165, 1.54) is 22.8 Å². The average molecular weight is 283 g/mol. The summed E-state index contributed by atoms with van der Waals surface area (Å²) in [5.41, 5.74) is 4.15. The van der Waals surface area contributed by atoms with E-state index in [1.807, 2.05) is 13.8 Å². The van der Waals surface area contributed by atoms with E-state index in [9.17, 15) is 9.18 Å². The van der Waals surface area contributed by atoms with E-state index in [2.05, 4.69) is 10.2 Å². The van der Waals surface area contributed by atoms with Crippen molar-refractivity contribution in [3.63, 3.8) is 0 Å². The van der Waals surface area contributed by atoms with Crippen LogP contribution in [0.5, 0.6) is 0 Å². The van der Waals surface area contributed by atoms with Gasteiger partial charge in [-0.3, -0.25) is 14.5 Å². The maximum Gasteiger partial charge on any atom is 0.255 e. The van der Waals surface area contributed by atoms with Crippen LogP contribution in [0.3, 0.4) is 0 Å². The Morgan fingerprint density at radius 2 is 1.81 bits per heavy atom. The fourth-order valence-corrected chi connectivity index (χ4v) is 2.41. The second-order valence-electron chi connectivity index (χ2n) is 4.91. The summed E-state index contributed by atoms with van der Waals surface area (Å²) in [6.07, 6.45) is 1.75. The van der Waals surface area contributed by atoms with Gasteiger partial charge in [0.05, 0.1) is 5.69 Å². The summed E-state index contributed by atoms with van der Waals surface area (Å²) in [7, 11) is 0. The number of aromatic amines is 1. The molecule has 2 heterocycles. The summed E-state index contributed by atoms with van der Waals surface area (Å²) in [5, 5.41) is 7.10. The fourth-order valence-electron chi connectivity index (χ4n) is 2.41. The molecule has 0 spiro atoms. The van der Waals surface area contributed by atoms with Crippen LogP contribution in [-0.4, -0.2) is 14.8 Å². The zero-order valence-electron chi connectivity index (χ0n) is 11.7. The van der Waals surface area contributed by atoms with Crippen molar-refractivity contribution in [2.24, 2.45) is 0 Å². The van der Waals surface area contributed by atoms with Crippen molar-refractivity contribution in [3.05, 3.63) is 70.2 Å². The average Bonchev–Trinajstić information content (AvgIpc) is 2.80. The number of pyridine rings is 1. The van der Waals surface area contributed by atoms with Crippen LogP contribution in [-0.2, 0) is 0 Å². The number of rotatable bonds is 2. The van der Waals surface area contributed by atoms with E-state index in [-0.39, 0.29) is 11.4 Å². The van der Waals surface area contributed by atoms with Crippen LogP contribution in [0.1, 0.15) is 11.4 Å². The number of H-pyrrole nitrogens is 1. The summed E-state index contributed by atoms with van der Waals surface area (Å²) >= 11 is 0. The van der Waals surface area contributed by atoms with Crippen molar-refractivity contribution in [3.8, 4) is 16.8 Å². The highest BCUT2D eigenvalue weighted by molar-refractivity contribution is 5.67. The summed E-state index contributed by atoms with van der Waals surface area (Å²) in [4.78, 5) is 12.0. The lowest BCUT2D eigenvalue weighted by atomic mass is 10.1. The van der Waals surface area contributed by atoms with Gasteiger partial charge >= 0.3 is 0 Å². The van der Waals surface area contributed by atoms with E-state index >= 15 is 0 Å². The van der Waals surface area contributed by atoms with Crippen molar-refractivity contribution in [2.45, 2.75) is 13.8 Å². The van der Waals surface area contributed by atoms with Crippen LogP contribution in [0, 0.1) is 19.7 Å². The van der Waals surface area contributed by atoms with Gasteiger partial charge in [0, 0.05) is 34.8 Å². The van der Waals surface area contributed by atoms with E-state index < -0.39 is 0 Å². The van der Waals surface area contributed by atoms with Gasteiger partial charge in [-0.1, -0.05) is 0 Å². The van der Waals surface area contributed by atoms with Gasteiger partial charge in [-0.05, 0) is 44.2 Å². The SMILES string of the molecule is Cc1n[nH]c(C)c1-c1ccc(=O)n(-c2ccc(F)cc2)c1. The summed E-state index contributed by atoms with van der Waals surface area (Å²) in [5.74, 6) is -0.329. The van der Waals surface area contributed by atoms with Gasteiger partial charge < -0.3 is 0 Å². The minimum Gasteiger partial charge on any atom is -0.284 e. The Bertz CT molecular complexity index is 827. The third-order valence-corrected chi connectivity index (χ3v) is 3.43. The van der Waals surface area contributed by atoms with Gasteiger partial charge in [-0.15, -0.1) is 0 Å². The minimum atomic E-state index is -0.329. The Balaban J connectivity index is 2.17. The number of benzene rings is 1. The molecule has 0 amide bonds. The number of halogens is 1. The second-order valence-corrected chi connectivity index (χ2v) is 4.91. The van der Waals surface area contributed by atoms with Crippen LogP contribution in [0.4, 0.5) is 4.39 Å². The highest BCUT2D eigenvalue weighted by atomic mass is 19.1. The quantitative estimate of drug-likeness (QED) is 0.786. The molecule has 4 nitrogen and oxygen atoms in total. The van der Waals surface area contributed by atoms with Crippen molar-refractivity contribution in [1.82, 2.24) is 14.8 Å². The molecule has 0 atom stereocenters. The van der Waals surface area contributed by atoms with Gasteiger partial charge in [0.25, 0.3) is 5.56 Å². The molecule has 0 aliphatic carbocycles. The number of aromatic nitrogens is 3. The Labute approximate surface area is 120 Å². The van der Waals surface area contributed by atoms with Gasteiger partial charge in [0.15, 0.2) is 0 Å². The topological polar surface area (TPSA) is 50.7 Å². The van der Waals surface area contributed by atoms with E-state index in [0.29, 0.717) is 5.69 Å².